The molecule has 0 aliphatic heterocycles. The molecular weight excluding hydrogens is 312 g/mol. The zero-order valence-electron chi connectivity index (χ0n) is 14.7. The van der Waals surface area contributed by atoms with Gasteiger partial charge >= 0.3 is 11.9 Å². The molecule has 0 aromatic carbocycles. The van der Waals surface area contributed by atoms with Gasteiger partial charge in [-0.2, -0.15) is 0 Å². The maximum Gasteiger partial charge on any atom is 0.330 e. The topological polar surface area (TPSA) is 115 Å². The third-order valence-electron chi connectivity index (χ3n) is 5.10. The van der Waals surface area contributed by atoms with Crippen molar-refractivity contribution in [1.29, 1.82) is 0 Å². The normalized spacial score (nSPS) is 19.0. The number of carboxylic acid groups (broad SMARTS) is 2. The van der Waals surface area contributed by atoms with Crippen molar-refractivity contribution in [2.45, 2.75) is 52.4 Å². The van der Waals surface area contributed by atoms with Gasteiger partial charge in [-0.05, 0) is 44.9 Å². The van der Waals surface area contributed by atoms with Gasteiger partial charge in [0.2, 0.25) is 0 Å². The minimum Gasteiger partial charge on any atom is -0.478 e. The van der Waals surface area contributed by atoms with Crippen LogP contribution in [0.4, 0.5) is 0 Å². The second-order valence-corrected chi connectivity index (χ2v) is 6.75. The summed E-state index contributed by atoms with van der Waals surface area (Å²) in [6, 6.07) is 0. The minimum absolute atomic E-state index is 0.108. The van der Waals surface area contributed by atoms with Crippen molar-refractivity contribution < 1.29 is 30.0 Å². The molecule has 2 aliphatic rings. The summed E-state index contributed by atoms with van der Waals surface area (Å²) in [4.78, 5) is 19.2. The maximum absolute atomic E-state index is 9.60. The van der Waals surface area contributed by atoms with E-state index < -0.39 is 11.9 Å². The van der Waals surface area contributed by atoms with E-state index in [2.05, 4.69) is 13.2 Å². The fourth-order valence-electron chi connectivity index (χ4n) is 3.21. The lowest BCUT2D eigenvalue weighted by atomic mass is 9.49. The lowest BCUT2D eigenvalue weighted by molar-refractivity contribution is -0.140. The highest BCUT2D eigenvalue weighted by Crippen LogP contribution is 2.64. The predicted octanol–water partition coefficient (Wildman–Crippen LogP) is 2.61. The van der Waals surface area contributed by atoms with E-state index in [4.69, 9.17) is 10.2 Å². The van der Waals surface area contributed by atoms with Gasteiger partial charge in [0, 0.05) is 16.6 Å². The van der Waals surface area contributed by atoms with Crippen LogP contribution < -0.4 is 0 Å². The smallest absolute Gasteiger partial charge is 0.330 e. The molecule has 2 fully saturated rings. The summed E-state index contributed by atoms with van der Waals surface area (Å²) in [6.07, 6.45) is 7.31. The molecule has 0 unspecified atom stereocenters. The van der Waals surface area contributed by atoms with Gasteiger partial charge < -0.3 is 20.4 Å². The van der Waals surface area contributed by atoms with Crippen molar-refractivity contribution in [3.8, 4) is 0 Å². The Balaban J connectivity index is 0.000000377. The van der Waals surface area contributed by atoms with E-state index in [1.54, 1.807) is 0 Å². The van der Waals surface area contributed by atoms with Crippen molar-refractivity contribution in [1.82, 2.24) is 0 Å². The van der Waals surface area contributed by atoms with Gasteiger partial charge in [0.15, 0.2) is 0 Å². The summed E-state index contributed by atoms with van der Waals surface area (Å²) in [5, 5.41) is 34.4. The van der Waals surface area contributed by atoms with Crippen molar-refractivity contribution in [2.75, 3.05) is 13.2 Å². The maximum atomic E-state index is 9.60. The lowest BCUT2D eigenvalue weighted by Crippen LogP contribution is -2.54. The minimum atomic E-state index is -0.935. The highest BCUT2D eigenvalue weighted by atomic mass is 16.4. The largest absolute Gasteiger partial charge is 0.478 e. The lowest BCUT2D eigenvalue weighted by Gasteiger charge is -2.56. The molecule has 2 rings (SSSR count). The average molecular weight is 342 g/mol. The highest BCUT2D eigenvalue weighted by Gasteiger charge is 2.58. The van der Waals surface area contributed by atoms with Crippen LogP contribution in [0.2, 0.25) is 0 Å². The Kier molecular flexibility index (Phi) is 8.93. The monoisotopic (exact) mass is 342 g/mol. The Morgan fingerprint density at radius 2 is 1.17 bits per heavy atom. The number of carboxylic acids is 2. The molecule has 138 valence electrons. The van der Waals surface area contributed by atoms with E-state index in [1.807, 2.05) is 0 Å². The van der Waals surface area contributed by atoms with Gasteiger partial charge in [0.25, 0.3) is 0 Å². The molecule has 0 radical (unpaired) electrons. The molecule has 1 spiro atoms. The molecule has 0 saturated heterocycles. The van der Waals surface area contributed by atoms with E-state index in [0.717, 1.165) is 6.42 Å². The van der Waals surface area contributed by atoms with Gasteiger partial charge in [0.05, 0.1) is 13.2 Å². The van der Waals surface area contributed by atoms with E-state index >= 15 is 0 Å². The number of hydrogen-bond donors (Lipinski definition) is 4. The number of carbonyl (C=O) groups is 2. The quantitative estimate of drug-likeness (QED) is 0.584. The Morgan fingerprint density at radius 1 is 0.833 bits per heavy atom. The third kappa shape index (κ3) is 5.46. The Hall–Kier alpha value is -1.66. The Bertz CT molecular complexity index is 411. The van der Waals surface area contributed by atoms with Crippen LogP contribution in [-0.2, 0) is 9.59 Å². The Morgan fingerprint density at radius 3 is 1.33 bits per heavy atom. The van der Waals surface area contributed by atoms with E-state index in [-0.39, 0.29) is 29.8 Å². The fraction of sp³-hybridized carbons (Fsp3) is 0.667. The van der Waals surface area contributed by atoms with E-state index in [0.29, 0.717) is 5.41 Å². The van der Waals surface area contributed by atoms with Gasteiger partial charge in [-0.25, -0.2) is 9.59 Å². The summed E-state index contributed by atoms with van der Waals surface area (Å²) >= 11 is 0. The predicted molar refractivity (Wildman–Crippen MR) is 91.6 cm³/mol. The number of aliphatic hydroxyl groups excluding tert-OH is 2. The zero-order chi connectivity index (χ0) is 19.0. The average Bonchev–Trinajstić information content (AvgIpc) is 3.01. The van der Waals surface area contributed by atoms with Crippen LogP contribution in [0.1, 0.15) is 52.4 Å². The Labute approximate surface area is 143 Å². The number of aliphatic carboxylic acids is 2. The molecule has 0 heterocycles. The van der Waals surface area contributed by atoms with Crippen LogP contribution in [-0.4, -0.2) is 45.6 Å². The first-order valence-electron chi connectivity index (χ1n) is 8.07. The van der Waals surface area contributed by atoms with Crippen LogP contribution in [0.3, 0.4) is 0 Å². The zero-order valence-corrected chi connectivity index (χ0v) is 14.7. The molecular formula is C18H30O6. The van der Waals surface area contributed by atoms with Gasteiger partial charge in [-0.15, -0.1) is 0 Å². The molecule has 0 bridgehead atoms. The first kappa shape index (κ1) is 22.3. The molecule has 6 nitrogen and oxygen atoms in total. The first-order chi connectivity index (χ1) is 11.1. The molecule has 6 heteroatoms. The van der Waals surface area contributed by atoms with Crippen molar-refractivity contribution >= 4 is 11.9 Å². The van der Waals surface area contributed by atoms with Crippen LogP contribution >= 0.6 is 0 Å². The first-order valence-corrected chi connectivity index (χ1v) is 8.07. The van der Waals surface area contributed by atoms with Crippen LogP contribution in [0, 0.1) is 10.8 Å². The summed E-state index contributed by atoms with van der Waals surface area (Å²) in [7, 11) is 0. The van der Waals surface area contributed by atoms with Gasteiger partial charge in [-0.3, -0.25) is 0 Å². The van der Waals surface area contributed by atoms with Gasteiger partial charge in [0.1, 0.15) is 0 Å². The molecule has 0 amide bonds. The molecule has 0 aromatic rings. The second kappa shape index (κ2) is 9.59. The van der Waals surface area contributed by atoms with Crippen LogP contribution in [0.15, 0.2) is 24.3 Å². The third-order valence-corrected chi connectivity index (χ3v) is 5.10. The highest BCUT2D eigenvalue weighted by molar-refractivity contribution is 5.85. The SMILES string of the molecule is C=C(C)C(=O)O.C=C(C)C(=O)O.OCC1(CO)CCC12CCCC2. The fourth-order valence-corrected chi connectivity index (χ4v) is 3.21. The van der Waals surface area contributed by atoms with Crippen molar-refractivity contribution in [3.63, 3.8) is 0 Å². The molecule has 0 aromatic heterocycles. The summed E-state index contributed by atoms with van der Waals surface area (Å²) < 4.78 is 0. The molecule has 2 aliphatic carbocycles. The van der Waals surface area contributed by atoms with E-state index in [9.17, 15) is 19.8 Å². The molecule has 2 saturated carbocycles. The van der Waals surface area contributed by atoms with Crippen molar-refractivity contribution in [2.24, 2.45) is 10.8 Å². The number of aliphatic hydroxyl groups is 2. The van der Waals surface area contributed by atoms with Crippen LogP contribution in [0.25, 0.3) is 0 Å². The number of rotatable bonds is 4. The standard InChI is InChI=1S/C10H18O2.2C4H6O2/c11-7-10(8-12)6-5-9(10)3-1-2-4-9;2*1-3(2)4(5)6/h11-12H,1-8H2;2*1H2,2H3,(H,5,6). The summed E-state index contributed by atoms with van der Waals surface area (Å²) in [5.41, 5.74) is 0.574. The molecule has 0 atom stereocenters. The summed E-state index contributed by atoms with van der Waals surface area (Å²) in [5.74, 6) is -1.87. The van der Waals surface area contributed by atoms with Crippen molar-refractivity contribution in [3.05, 3.63) is 24.3 Å². The molecule has 24 heavy (non-hydrogen) atoms. The molecule has 4 N–H and O–H groups in total. The second-order valence-electron chi connectivity index (χ2n) is 6.75. The van der Waals surface area contributed by atoms with E-state index in [1.165, 1.54) is 46.0 Å². The van der Waals surface area contributed by atoms with Crippen LogP contribution in [0.5, 0.6) is 0 Å². The van der Waals surface area contributed by atoms with Gasteiger partial charge in [-0.1, -0.05) is 26.0 Å². The summed E-state index contributed by atoms with van der Waals surface area (Å²) in [6.45, 7) is 9.57. The number of hydrogen-bond acceptors (Lipinski definition) is 4.